The van der Waals surface area contributed by atoms with Crippen molar-refractivity contribution in [3.63, 3.8) is 0 Å². The Bertz CT molecular complexity index is 767. The second-order valence-corrected chi connectivity index (χ2v) is 6.15. The third-order valence-electron chi connectivity index (χ3n) is 3.69. The summed E-state index contributed by atoms with van der Waals surface area (Å²) < 4.78 is 26.3. The van der Waals surface area contributed by atoms with Crippen LogP contribution >= 0.6 is 11.6 Å². The van der Waals surface area contributed by atoms with Crippen molar-refractivity contribution in [2.24, 2.45) is 0 Å². The molecule has 2 N–H and O–H groups in total. The van der Waals surface area contributed by atoms with E-state index in [1.807, 2.05) is 12.1 Å². The van der Waals surface area contributed by atoms with E-state index in [0.717, 1.165) is 17.7 Å². The van der Waals surface area contributed by atoms with E-state index in [-0.39, 0.29) is 24.4 Å². The molecule has 0 atom stereocenters. The maximum absolute atomic E-state index is 13.5. The number of carbonyl (C=O) groups is 2. The Morgan fingerprint density at radius 1 is 0.962 bits per heavy atom. The number of amides is 2. The van der Waals surface area contributed by atoms with Gasteiger partial charge in [0, 0.05) is 30.6 Å². The number of nitrogens with one attached hydrogen (secondary N) is 2. The monoisotopic (exact) mass is 380 g/mol. The molecule has 0 radical (unpaired) electrons. The maximum Gasteiger partial charge on any atom is 0.254 e. The van der Waals surface area contributed by atoms with Crippen LogP contribution < -0.4 is 10.6 Å². The predicted molar refractivity (Wildman–Crippen MR) is 96.1 cm³/mol. The van der Waals surface area contributed by atoms with Crippen LogP contribution in [0.4, 0.5) is 8.78 Å². The zero-order chi connectivity index (χ0) is 18.9. The summed E-state index contributed by atoms with van der Waals surface area (Å²) in [6, 6.07) is 10.2. The van der Waals surface area contributed by atoms with Crippen LogP contribution in [0, 0.1) is 11.6 Å². The molecule has 7 heteroatoms. The van der Waals surface area contributed by atoms with Crippen LogP contribution in [0.2, 0.25) is 5.02 Å². The van der Waals surface area contributed by atoms with Crippen LogP contribution in [-0.4, -0.2) is 24.9 Å². The predicted octanol–water partition coefficient (Wildman–Crippen LogP) is 3.49. The minimum absolute atomic E-state index is 0.124. The molecule has 2 amide bonds. The Kier molecular flexibility index (Phi) is 7.53. The topological polar surface area (TPSA) is 58.2 Å². The SMILES string of the molecule is O=C(CCCNC(=O)c1ccc(F)cc1F)NCCc1ccc(Cl)cc1. The van der Waals surface area contributed by atoms with Crippen molar-refractivity contribution in [3.05, 3.63) is 70.2 Å². The van der Waals surface area contributed by atoms with Crippen LogP contribution in [0.5, 0.6) is 0 Å². The molecule has 0 aromatic heterocycles. The Morgan fingerprint density at radius 3 is 2.38 bits per heavy atom. The highest BCUT2D eigenvalue weighted by molar-refractivity contribution is 6.30. The molecular weight excluding hydrogens is 362 g/mol. The number of halogens is 3. The summed E-state index contributed by atoms with van der Waals surface area (Å²) in [6.45, 7) is 0.730. The van der Waals surface area contributed by atoms with E-state index in [1.54, 1.807) is 12.1 Å². The Balaban J connectivity index is 1.62. The molecule has 0 bridgehead atoms. The van der Waals surface area contributed by atoms with E-state index >= 15 is 0 Å². The summed E-state index contributed by atoms with van der Waals surface area (Å²) >= 11 is 5.81. The largest absolute Gasteiger partial charge is 0.356 e. The Hall–Kier alpha value is -2.47. The van der Waals surface area contributed by atoms with Crippen LogP contribution in [0.15, 0.2) is 42.5 Å². The van der Waals surface area contributed by atoms with E-state index in [9.17, 15) is 18.4 Å². The van der Waals surface area contributed by atoms with Crippen LogP contribution in [-0.2, 0) is 11.2 Å². The summed E-state index contributed by atoms with van der Waals surface area (Å²) in [5.41, 5.74) is 0.849. The van der Waals surface area contributed by atoms with Crippen molar-refractivity contribution in [1.82, 2.24) is 10.6 Å². The smallest absolute Gasteiger partial charge is 0.254 e. The lowest BCUT2D eigenvalue weighted by Gasteiger charge is -2.07. The first-order chi connectivity index (χ1) is 12.5. The molecule has 0 spiro atoms. The van der Waals surface area contributed by atoms with Gasteiger partial charge in [0.2, 0.25) is 5.91 Å². The molecule has 0 saturated carbocycles. The van der Waals surface area contributed by atoms with Gasteiger partial charge in [-0.15, -0.1) is 0 Å². The minimum Gasteiger partial charge on any atom is -0.356 e. The molecule has 4 nitrogen and oxygen atoms in total. The van der Waals surface area contributed by atoms with E-state index in [2.05, 4.69) is 10.6 Å². The molecular formula is C19H19ClF2N2O2. The van der Waals surface area contributed by atoms with Crippen molar-refractivity contribution in [2.45, 2.75) is 19.3 Å². The van der Waals surface area contributed by atoms with Gasteiger partial charge in [-0.05, 0) is 42.7 Å². The molecule has 2 rings (SSSR count). The highest BCUT2D eigenvalue weighted by atomic mass is 35.5. The first kappa shape index (κ1) is 19.8. The summed E-state index contributed by atoms with van der Waals surface area (Å²) in [5, 5.41) is 5.97. The average molecular weight is 381 g/mol. The molecule has 0 heterocycles. The molecule has 26 heavy (non-hydrogen) atoms. The minimum atomic E-state index is -0.914. The molecule has 2 aromatic carbocycles. The lowest BCUT2D eigenvalue weighted by molar-refractivity contribution is -0.121. The fourth-order valence-electron chi connectivity index (χ4n) is 2.31. The summed E-state index contributed by atoms with van der Waals surface area (Å²) in [5.74, 6) is -2.41. The first-order valence-electron chi connectivity index (χ1n) is 8.20. The van der Waals surface area contributed by atoms with Crippen LogP contribution in [0.1, 0.15) is 28.8 Å². The van der Waals surface area contributed by atoms with Crippen molar-refractivity contribution in [1.29, 1.82) is 0 Å². The van der Waals surface area contributed by atoms with E-state index in [1.165, 1.54) is 0 Å². The van der Waals surface area contributed by atoms with Gasteiger partial charge >= 0.3 is 0 Å². The van der Waals surface area contributed by atoms with E-state index < -0.39 is 17.5 Å². The van der Waals surface area contributed by atoms with Crippen LogP contribution in [0.3, 0.4) is 0 Å². The van der Waals surface area contributed by atoms with Gasteiger partial charge in [0.1, 0.15) is 11.6 Å². The highest BCUT2D eigenvalue weighted by Crippen LogP contribution is 2.10. The summed E-state index contributed by atoms with van der Waals surface area (Å²) in [7, 11) is 0. The summed E-state index contributed by atoms with van der Waals surface area (Å²) in [4.78, 5) is 23.5. The molecule has 138 valence electrons. The third kappa shape index (κ3) is 6.44. The Labute approximate surface area is 155 Å². The normalized spacial score (nSPS) is 10.4. The van der Waals surface area contributed by atoms with Gasteiger partial charge in [-0.25, -0.2) is 8.78 Å². The van der Waals surface area contributed by atoms with Crippen molar-refractivity contribution in [3.8, 4) is 0 Å². The first-order valence-corrected chi connectivity index (χ1v) is 8.58. The molecule has 0 saturated heterocycles. The van der Waals surface area contributed by atoms with Crippen molar-refractivity contribution >= 4 is 23.4 Å². The molecule has 0 aliphatic carbocycles. The fourth-order valence-corrected chi connectivity index (χ4v) is 2.43. The van der Waals surface area contributed by atoms with Gasteiger partial charge in [0.15, 0.2) is 0 Å². The van der Waals surface area contributed by atoms with E-state index in [0.29, 0.717) is 30.5 Å². The van der Waals surface area contributed by atoms with Gasteiger partial charge < -0.3 is 10.6 Å². The average Bonchev–Trinajstić information content (AvgIpc) is 2.60. The van der Waals surface area contributed by atoms with Gasteiger partial charge in [0.05, 0.1) is 5.56 Å². The second-order valence-electron chi connectivity index (χ2n) is 5.71. The van der Waals surface area contributed by atoms with Crippen molar-refractivity contribution < 1.29 is 18.4 Å². The maximum atomic E-state index is 13.5. The standard InChI is InChI=1S/C19H19ClF2N2O2/c20-14-5-3-13(4-6-14)9-11-23-18(25)2-1-10-24-19(26)16-8-7-15(21)12-17(16)22/h3-8,12H,1-2,9-11H2,(H,23,25)(H,24,26). The lowest BCUT2D eigenvalue weighted by Crippen LogP contribution is -2.29. The van der Waals surface area contributed by atoms with Crippen molar-refractivity contribution in [2.75, 3.05) is 13.1 Å². The fraction of sp³-hybridized carbons (Fsp3) is 0.263. The number of benzene rings is 2. The number of rotatable bonds is 8. The quantitative estimate of drug-likeness (QED) is 0.689. The van der Waals surface area contributed by atoms with Gasteiger partial charge in [-0.1, -0.05) is 23.7 Å². The molecule has 0 fully saturated rings. The number of hydrogen-bond donors (Lipinski definition) is 2. The zero-order valence-corrected chi connectivity index (χ0v) is 14.8. The third-order valence-corrected chi connectivity index (χ3v) is 3.94. The number of carbonyl (C=O) groups excluding carboxylic acids is 2. The lowest BCUT2D eigenvalue weighted by atomic mass is 10.1. The van der Waals surface area contributed by atoms with E-state index in [4.69, 9.17) is 11.6 Å². The summed E-state index contributed by atoms with van der Waals surface area (Å²) in [6.07, 6.45) is 1.36. The molecule has 0 aliphatic heterocycles. The molecule has 0 unspecified atom stereocenters. The van der Waals surface area contributed by atoms with Gasteiger partial charge in [0.25, 0.3) is 5.91 Å². The second kappa shape index (κ2) is 9.87. The molecule has 2 aromatic rings. The highest BCUT2D eigenvalue weighted by Gasteiger charge is 2.12. The van der Waals surface area contributed by atoms with Gasteiger partial charge in [-0.2, -0.15) is 0 Å². The van der Waals surface area contributed by atoms with Crippen LogP contribution in [0.25, 0.3) is 0 Å². The Morgan fingerprint density at radius 2 is 1.69 bits per heavy atom. The molecule has 0 aliphatic rings. The number of hydrogen-bond acceptors (Lipinski definition) is 2. The zero-order valence-electron chi connectivity index (χ0n) is 14.0. The van der Waals surface area contributed by atoms with Gasteiger partial charge in [-0.3, -0.25) is 9.59 Å².